The van der Waals surface area contributed by atoms with Crippen LogP contribution in [0.5, 0.6) is 17.2 Å². The van der Waals surface area contributed by atoms with Crippen LogP contribution in [0.4, 0.5) is 0 Å². The van der Waals surface area contributed by atoms with E-state index in [4.69, 9.17) is 14.2 Å². The van der Waals surface area contributed by atoms with Crippen LogP contribution in [0.15, 0.2) is 18.2 Å². The van der Waals surface area contributed by atoms with Crippen LogP contribution in [-0.4, -0.2) is 21.3 Å². The Morgan fingerprint density at radius 2 is 1.47 bits per heavy atom. The maximum Gasteiger partial charge on any atom is 0.133 e. The SMILES string of the molecule is C/C=C/c1c(OC)cc(OC)cc1OC. The lowest BCUT2D eigenvalue weighted by atomic mass is 10.1. The van der Waals surface area contributed by atoms with Gasteiger partial charge < -0.3 is 14.2 Å². The van der Waals surface area contributed by atoms with Gasteiger partial charge in [0, 0.05) is 12.1 Å². The number of ether oxygens (including phenoxy) is 3. The molecule has 0 aliphatic heterocycles. The highest BCUT2D eigenvalue weighted by atomic mass is 16.5. The van der Waals surface area contributed by atoms with Crippen molar-refractivity contribution in [2.75, 3.05) is 21.3 Å². The fourth-order valence-electron chi connectivity index (χ4n) is 1.36. The number of benzene rings is 1. The standard InChI is InChI=1S/C12H16O3/c1-5-6-10-11(14-3)7-9(13-2)8-12(10)15-4/h5-8H,1-4H3/b6-5+. The van der Waals surface area contributed by atoms with E-state index in [-0.39, 0.29) is 0 Å². The van der Waals surface area contributed by atoms with Gasteiger partial charge in [-0.05, 0) is 6.92 Å². The molecular formula is C12H16O3. The van der Waals surface area contributed by atoms with E-state index in [1.165, 1.54) is 0 Å². The molecule has 0 unspecified atom stereocenters. The van der Waals surface area contributed by atoms with Crippen LogP contribution in [0.25, 0.3) is 6.08 Å². The van der Waals surface area contributed by atoms with Crippen molar-refractivity contribution in [1.29, 1.82) is 0 Å². The summed E-state index contributed by atoms with van der Waals surface area (Å²) in [6.07, 6.45) is 3.88. The summed E-state index contributed by atoms with van der Waals surface area (Å²) in [5.74, 6) is 2.20. The van der Waals surface area contributed by atoms with Gasteiger partial charge in [0.2, 0.25) is 0 Å². The second-order valence-corrected chi connectivity index (χ2v) is 2.95. The molecule has 3 heteroatoms. The van der Waals surface area contributed by atoms with E-state index < -0.39 is 0 Å². The van der Waals surface area contributed by atoms with Crippen molar-refractivity contribution in [3.8, 4) is 17.2 Å². The predicted octanol–water partition coefficient (Wildman–Crippen LogP) is 2.75. The fraction of sp³-hybridized carbons (Fsp3) is 0.333. The molecule has 0 spiro atoms. The first-order chi connectivity index (χ1) is 7.26. The Bertz CT molecular complexity index is 331. The van der Waals surface area contributed by atoms with Gasteiger partial charge in [0.15, 0.2) is 0 Å². The molecule has 0 bridgehead atoms. The third-order valence-electron chi connectivity index (χ3n) is 2.09. The average molecular weight is 208 g/mol. The van der Waals surface area contributed by atoms with Crippen molar-refractivity contribution in [3.63, 3.8) is 0 Å². The molecule has 3 nitrogen and oxygen atoms in total. The molecule has 0 aliphatic carbocycles. The van der Waals surface area contributed by atoms with Crippen LogP contribution in [0.3, 0.4) is 0 Å². The van der Waals surface area contributed by atoms with Gasteiger partial charge >= 0.3 is 0 Å². The summed E-state index contributed by atoms with van der Waals surface area (Å²) in [7, 11) is 4.87. The Labute approximate surface area is 90.3 Å². The van der Waals surface area contributed by atoms with Gasteiger partial charge in [-0.15, -0.1) is 0 Å². The molecule has 0 radical (unpaired) electrons. The fourth-order valence-corrected chi connectivity index (χ4v) is 1.36. The minimum absolute atomic E-state index is 0.719. The quantitative estimate of drug-likeness (QED) is 0.761. The van der Waals surface area contributed by atoms with Crippen molar-refractivity contribution < 1.29 is 14.2 Å². The van der Waals surface area contributed by atoms with E-state index in [9.17, 15) is 0 Å². The first-order valence-electron chi connectivity index (χ1n) is 4.69. The minimum Gasteiger partial charge on any atom is -0.496 e. The first kappa shape index (κ1) is 11.4. The van der Waals surface area contributed by atoms with E-state index in [0.29, 0.717) is 0 Å². The van der Waals surface area contributed by atoms with Gasteiger partial charge in [-0.25, -0.2) is 0 Å². The van der Waals surface area contributed by atoms with Gasteiger partial charge in [0.1, 0.15) is 17.2 Å². The Morgan fingerprint density at radius 1 is 0.933 bits per heavy atom. The molecule has 1 rings (SSSR count). The minimum atomic E-state index is 0.719. The molecule has 0 saturated heterocycles. The van der Waals surface area contributed by atoms with Crippen molar-refractivity contribution in [3.05, 3.63) is 23.8 Å². The lowest BCUT2D eigenvalue weighted by Crippen LogP contribution is -1.94. The van der Waals surface area contributed by atoms with Crippen LogP contribution >= 0.6 is 0 Å². The molecule has 1 aromatic carbocycles. The lowest BCUT2D eigenvalue weighted by molar-refractivity contribution is 0.374. The summed E-state index contributed by atoms with van der Waals surface area (Å²) in [5.41, 5.74) is 0.920. The number of rotatable bonds is 4. The van der Waals surface area contributed by atoms with Crippen LogP contribution in [0.2, 0.25) is 0 Å². The molecular weight excluding hydrogens is 192 g/mol. The smallest absolute Gasteiger partial charge is 0.133 e. The Morgan fingerprint density at radius 3 is 1.80 bits per heavy atom. The lowest BCUT2D eigenvalue weighted by Gasteiger charge is -2.12. The average Bonchev–Trinajstić information content (AvgIpc) is 2.29. The molecule has 15 heavy (non-hydrogen) atoms. The van der Waals surface area contributed by atoms with Crippen LogP contribution < -0.4 is 14.2 Å². The molecule has 0 saturated carbocycles. The van der Waals surface area contributed by atoms with Crippen LogP contribution in [0, 0.1) is 0 Å². The van der Waals surface area contributed by atoms with E-state index in [2.05, 4.69) is 0 Å². The Hall–Kier alpha value is -1.64. The summed E-state index contributed by atoms with van der Waals surface area (Å²) < 4.78 is 15.7. The summed E-state index contributed by atoms with van der Waals surface area (Å²) in [5, 5.41) is 0. The molecule has 1 aromatic rings. The predicted molar refractivity (Wildman–Crippen MR) is 60.8 cm³/mol. The van der Waals surface area contributed by atoms with Crippen molar-refractivity contribution in [2.45, 2.75) is 6.92 Å². The van der Waals surface area contributed by atoms with Gasteiger partial charge in [0.05, 0.1) is 26.9 Å². The van der Waals surface area contributed by atoms with Crippen LogP contribution in [-0.2, 0) is 0 Å². The number of allylic oxidation sites excluding steroid dienone is 1. The zero-order valence-corrected chi connectivity index (χ0v) is 9.53. The maximum atomic E-state index is 5.27. The van der Waals surface area contributed by atoms with Crippen LogP contribution in [0.1, 0.15) is 12.5 Å². The van der Waals surface area contributed by atoms with Crippen molar-refractivity contribution in [1.82, 2.24) is 0 Å². The second kappa shape index (κ2) is 5.29. The number of hydrogen-bond donors (Lipinski definition) is 0. The second-order valence-electron chi connectivity index (χ2n) is 2.95. The summed E-state index contributed by atoms with van der Waals surface area (Å²) in [4.78, 5) is 0. The van der Waals surface area contributed by atoms with E-state index in [1.807, 2.05) is 31.2 Å². The topological polar surface area (TPSA) is 27.7 Å². The molecule has 0 atom stereocenters. The highest BCUT2D eigenvalue weighted by Gasteiger charge is 2.09. The molecule has 82 valence electrons. The molecule has 0 heterocycles. The highest BCUT2D eigenvalue weighted by molar-refractivity contribution is 5.66. The third kappa shape index (κ3) is 2.43. The zero-order chi connectivity index (χ0) is 11.3. The third-order valence-corrected chi connectivity index (χ3v) is 2.09. The Kier molecular flexibility index (Phi) is 4.03. The van der Waals surface area contributed by atoms with Gasteiger partial charge in [-0.3, -0.25) is 0 Å². The largest absolute Gasteiger partial charge is 0.496 e. The van der Waals surface area contributed by atoms with Crippen molar-refractivity contribution >= 4 is 6.08 Å². The normalized spacial score (nSPS) is 10.4. The number of hydrogen-bond acceptors (Lipinski definition) is 3. The zero-order valence-electron chi connectivity index (χ0n) is 9.53. The van der Waals surface area contributed by atoms with Gasteiger partial charge in [0.25, 0.3) is 0 Å². The van der Waals surface area contributed by atoms with Gasteiger partial charge in [-0.1, -0.05) is 12.2 Å². The van der Waals surface area contributed by atoms with E-state index >= 15 is 0 Å². The Balaban J connectivity index is 3.32. The molecule has 0 N–H and O–H groups in total. The summed E-state index contributed by atoms with van der Waals surface area (Å²) in [6, 6.07) is 3.66. The molecule has 0 amide bonds. The van der Waals surface area contributed by atoms with E-state index in [0.717, 1.165) is 22.8 Å². The van der Waals surface area contributed by atoms with E-state index in [1.54, 1.807) is 21.3 Å². The summed E-state index contributed by atoms with van der Waals surface area (Å²) in [6.45, 7) is 1.95. The molecule has 0 aliphatic rings. The molecule has 0 fully saturated rings. The van der Waals surface area contributed by atoms with Crippen molar-refractivity contribution in [2.24, 2.45) is 0 Å². The number of methoxy groups -OCH3 is 3. The van der Waals surface area contributed by atoms with Gasteiger partial charge in [-0.2, -0.15) is 0 Å². The summed E-state index contributed by atoms with van der Waals surface area (Å²) >= 11 is 0. The highest BCUT2D eigenvalue weighted by Crippen LogP contribution is 2.34. The maximum absolute atomic E-state index is 5.27. The first-order valence-corrected chi connectivity index (χ1v) is 4.69. The molecule has 0 aromatic heterocycles. The monoisotopic (exact) mass is 208 g/mol.